The molecule has 1 aromatic carbocycles. The van der Waals surface area contributed by atoms with Gasteiger partial charge in [-0.05, 0) is 75.8 Å². The summed E-state index contributed by atoms with van der Waals surface area (Å²) in [5.41, 5.74) is 14.6. The molecule has 0 aliphatic carbocycles. The first-order valence-electron chi connectivity index (χ1n) is 38.8. The van der Waals surface area contributed by atoms with E-state index in [1.807, 2.05) is 129 Å². The number of hydrogen-bond donors (Lipinski definition) is 4. The van der Waals surface area contributed by atoms with Gasteiger partial charge >= 0.3 is 0 Å². The summed E-state index contributed by atoms with van der Waals surface area (Å²) < 4.78 is 57.2. The summed E-state index contributed by atoms with van der Waals surface area (Å²) in [6.45, 7) is 87.3. The second-order valence-corrected chi connectivity index (χ2v) is 43.5. The van der Waals surface area contributed by atoms with Gasteiger partial charge in [-0.2, -0.15) is 14.9 Å². The van der Waals surface area contributed by atoms with Crippen LogP contribution in [0.4, 0.5) is 8.78 Å². The van der Waals surface area contributed by atoms with Crippen LogP contribution in [0.1, 0.15) is 320 Å². The van der Waals surface area contributed by atoms with Crippen molar-refractivity contribution in [3.63, 3.8) is 0 Å². The van der Waals surface area contributed by atoms with Crippen LogP contribution in [0.5, 0.6) is 0 Å². The van der Waals surface area contributed by atoms with E-state index < -0.39 is 30.3 Å². The highest BCUT2D eigenvalue weighted by Gasteiger charge is 2.39. The highest BCUT2D eigenvalue weighted by Crippen LogP contribution is 2.50. The lowest BCUT2D eigenvalue weighted by Crippen LogP contribution is -2.34. The molecule has 1 saturated heterocycles. The van der Waals surface area contributed by atoms with Crippen molar-refractivity contribution >= 4 is 36.2 Å². The lowest BCUT2D eigenvalue weighted by atomic mass is 9.86. The number of oxime groups is 1. The van der Waals surface area contributed by atoms with Gasteiger partial charge in [-0.3, -0.25) is 33.8 Å². The number of rotatable bonds is 0. The monoisotopic (exact) mass is 1650 g/mol. The second kappa shape index (κ2) is 44.6. The molecule has 4 N–H and O–H groups in total. The summed E-state index contributed by atoms with van der Waals surface area (Å²) in [4.78, 5) is 48.8. The zero-order valence-corrected chi connectivity index (χ0v) is 78.7. The molecule has 4 aliphatic rings. The number of nitrogens with zero attached hydrogens (tertiary/aromatic N) is 12. The fraction of sp³-hybridized carbons (Fsp3) is 0.656. The number of amides is 1. The maximum Gasteiger partial charge on any atom is 0.268 e. The van der Waals surface area contributed by atoms with Gasteiger partial charge in [0.05, 0.1) is 66.4 Å². The van der Waals surface area contributed by atoms with Crippen LogP contribution in [-0.2, 0) is 65.5 Å². The number of halogens is 2. The lowest BCUT2D eigenvalue weighted by Gasteiger charge is -2.22. The van der Waals surface area contributed by atoms with Crippen LogP contribution in [0.2, 0.25) is 0 Å². The van der Waals surface area contributed by atoms with Crippen LogP contribution in [0, 0.1) is 61.0 Å². The lowest BCUT2D eigenvalue weighted by molar-refractivity contribution is -0.127. The quantitative estimate of drug-likeness (QED) is 0.0812. The van der Waals surface area contributed by atoms with E-state index in [1.54, 1.807) is 44.8 Å². The van der Waals surface area contributed by atoms with E-state index in [4.69, 9.17) is 28.6 Å². The Morgan fingerprint density at radius 2 is 1.09 bits per heavy atom. The van der Waals surface area contributed by atoms with Crippen molar-refractivity contribution in [1.29, 1.82) is 0 Å². The van der Waals surface area contributed by atoms with Gasteiger partial charge in [-0.1, -0.05) is 265 Å². The number of allylic oxidation sites excluding steroid dienone is 1. The average Bonchev–Trinajstić information content (AvgIpc) is 0.871. The Bertz CT molecular complexity index is 4200. The van der Waals surface area contributed by atoms with Crippen molar-refractivity contribution in [2.75, 3.05) is 19.8 Å². The summed E-state index contributed by atoms with van der Waals surface area (Å²) in [7, 11) is 1.05. The fourth-order valence-corrected chi connectivity index (χ4v) is 9.50. The summed E-state index contributed by atoms with van der Waals surface area (Å²) in [6, 6.07) is 6.91. The standard InChI is InChI=1S/C11H14F2.C10H14O2.C9H16N2.C8H14N2.C8H13NO2.2C8H13NO.C7H13N3.C7H12N2O.C7H14N2.C5H13O2P.2CH4/c1-7-9(12)5-8(6-10(7)13)11(2,3)4;1-7-5-12-6-8(9(7)11)10(2,3)4;1-7-6-8(9(2,3)4)11(5)10-7;1-6-9-5-7(10-6)8(2,3)4;1-5-9-7(10)6(11-5)8(2,3)4;1-6-5-7(9-10-6)8(2,3)4;1-6-5-7(10-9-6)8(2,3)4;1-7(2,3)6-5-8-9-10(6)4;1-7(2,3)6-4-8-5-9(6)10;1-7(2,3)6-4-5-8-9-6;1-5(2,3)8(4,6)7;;/h5-6H,1-4H3;5-6H,1-4H3;6H,1-5H3;5H2,1-4H3;6H,1H2,2-4H3,(H,9,10);1,5H2,2-4H3;2*5H,1-4H3;4-5,10H,1-3H3;8H,4-5H2,1-3H3;1-4H3,(H,6,7);2*1H4. The van der Waals surface area contributed by atoms with Gasteiger partial charge in [0.1, 0.15) is 35.3 Å². The number of carbonyl (C=O) groups is 1. The molecule has 116 heavy (non-hydrogen) atoms. The number of aromatic nitrogens is 8. The van der Waals surface area contributed by atoms with Crippen molar-refractivity contribution in [3.05, 3.63) is 159 Å². The molecule has 2 atom stereocenters. The normalized spacial score (nSPS) is 15.2. The minimum atomic E-state index is -2.85. The third-order valence-electron chi connectivity index (χ3n) is 17.5. The number of hydrogen-bond acceptors (Lipinski definition) is 18. The molecule has 6 aromatic rings. The van der Waals surface area contributed by atoms with Crippen LogP contribution in [0.25, 0.3) is 0 Å². The molecule has 5 aromatic heterocycles. The highest BCUT2D eigenvalue weighted by atomic mass is 31.2. The zero-order valence-electron chi connectivity index (χ0n) is 77.8. The van der Waals surface area contributed by atoms with Crippen LogP contribution in [0.15, 0.2) is 114 Å². The van der Waals surface area contributed by atoms with Gasteiger partial charge in [-0.15, -0.1) is 5.10 Å². The zero-order chi connectivity index (χ0) is 89.7. The Labute approximate surface area is 698 Å². The number of amidine groups is 1. The fourth-order valence-electron chi connectivity index (χ4n) is 9.50. The summed E-state index contributed by atoms with van der Waals surface area (Å²) in [6.07, 6.45) is 9.40. The van der Waals surface area contributed by atoms with Gasteiger partial charge in [0.2, 0.25) is 7.37 Å². The predicted molar refractivity (Wildman–Crippen MR) is 479 cm³/mol. The third kappa shape index (κ3) is 40.8. The van der Waals surface area contributed by atoms with E-state index >= 15 is 0 Å². The van der Waals surface area contributed by atoms with Gasteiger partial charge in [0, 0.05) is 122 Å². The maximum absolute atomic E-state index is 13.1. The van der Waals surface area contributed by atoms with Crippen LogP contribution in [-0.4, -0.2) is 110 Å². The Kier molecular flexibility index (Phi) is 43.0. The molecular weight excluding hydrogens is 1490 g/mol. The van der Waals surface area contributed by atoms with Crippen LogP contribution >= 0.6 is 7.37 Å². The summed E-state index contributed by atoms with van der Waals surface area (Å²) >= 11 is 0. The molecule has 10 rings (SSSR count). The third-order valence-corrected chi connectivity index (χ3v) is 20.0. The first-order valence-corrected chi connectivity index (χ1v) is 40.9. The Balaban J connectivity index is -0.00000121. The van der Waals surface area contributed by atoms with Gasteiger partial charge in [0.15, 0.2) is 17.4 Å². The van der Waals surface area contributed by atoms with Crippen molar-refractivity contribution in [1.82, 2.24) is 50.4 Å². The van der Waals surface area contributed by atoms with E-state index in [0.717, 1.165) is 82.1 Å². The Morgan fingerprint density at radius 3 is 1.31 bits per heavy atom. The molecule has 1 amide bonds. The maximum atomic E-state index is 13.1. The molecule has 0 radical (unpaired) electrons. The van der Waals surface area contributed by atoms with E-state index in [2.05, 4.69) is 200 Å². The number of nitrogens with one attached hydrogen (secondary N) is 2. The minimum Gasteiger partial charge on any atom is -0.472 e. The topological polar surface area (TPSA) is 289 Å². The first-order chi connectivity index (χ1) is 51.0. The molecule has 660 valence electrons. The molecular formula is C90H157F2N14O9P. The first kappa shape index (κ1) is 112. The van der Waals surface area contributed by atoms with Gasteiger partial charge in [0.25, 0.3) is 5.91 Å². The van der Waals surface area contributed by atoms with Gasteiger partial charge in [-0.25, -0.2) is 18.8 Å². The summed E-state index contributed by atoms with van der Waals surface area (Å²) in [5.74, 6) is 1.95. The predicted octanol–water partition coefficient (Wildman–Crippen LogP) is 22.2. The molecule has 0 bridgehead atoms. The molecule has 1 fully saturated rings. The SMILES string of the molecule is C.C.C=C1CC(C(C)(C)C)=NO1.C=C1NC(=O)C(C(C)(C)C)O1.CC(C)(C)C1=NNCC1.CC(C)(C)P(C)(=O)O.CC(C)(C)c1cncn1O.CC1=NCC(C(C)(C)C)=N1.Cc1c(F)cc(C(C)(C)C)cc1F.Cc1cc(C(C)(C)C)n(C)n1.Cc1cc(C(C)(C)C)on1.Cc1cocc(C(C)(C)C)c1=O.Cn1nncc1C(C)(C)C. The van der Waals surface area contributed by atoms with Gasteiger partial charge < -0.3 is 34.0 Å². The van der Waals surface area contributed by atoms with E-state index in [1.165, 1.54) is 61.7 Å². The average molecular weight is 1650 g/mol. The number of imidazole rings is 1. The summed E-state index contributed by atoms with van der Waals surface area (Å²) in [5, 5.41) is 35.0. The molecule has 0 spiro atoms. The van der Waals surface area contributed by atoms with Crippen molar-refractivity contribution < 1.29 is 46.8 Å². The van der Waals surface area contributed by atoms with E-state index in [9.17, 15) is 22.9 Å². The van der Waals surface area contributed by atoms with Crippen molar-refractivity contribution in [2.45, 2.75) is 335 Å². The highest BCUT2D eigenvalue weighted by molar-refractivity contribution is 7.58. The molecule has 9 heterocycles. The number of hydrazone groups is 1. The largest absolute Gasteiger partial charge is 0.472 e. The van der Waals surface area contributed by atoms with Crippen LogP contribution in [0.3, 0.4) is 0 Å². The minimum absolute atomic E-state index is 0. The van der Waals surface area contributed by atoms with Crippen LogP contribution < -0.4 is 16.2 Å². The number of aliphatic imine (C=N–C) groups is 2. The number of ether oxygens (including phenoxy) is 1. The molecule has 2 unspecified atom stereocenters. The number of aryl methyl sites for hydroxylation is 5. The van der Waals surface area contributed by atoms with Crippen molar-refractivity contribution in [2.24, 2.45) is 56.0 Å². The second-order valence-electron chi connectivity index (χ2n) is 40.4. The molecule has 4 aliphatic heterocycles. The molecule has 26 heteroatoms. The molecule has 23 nitrogen and oxygen atoms in total. The smallest absolute Gasteiger partial charge is 0.268 e. The van der Waals surface area contributed by atoms with E-state index in [-0.39, 0.29) is 85.9 Å². The molecule has 0 saturated carbocycles. The number of carbonyl (C=O) groups excluding carboxylic acids is 1. The number of benzene rings is 1. The van der Waals surface area contributed by atoms with Crippen molar-refractivity contribution in [3.8, 4) is 0 Å². The Morgan fingerprint density at radius 1 is 0.603 bits per heavy atom. The van der Waals surface area contributed by atoms with E-state index in [0.29, 0.717) is 17.0 Å². The Hall–Kier alpha value is -8.18.